The zero-order chi connectivity index (χ0) is 13.4. The summed E-state index contributed by atoms with van der Waals surface area (Å²) in [5.41, 5.74) is 0. The van der Waals surface area contributed by atoms with E-state index in [4.69, 9.17) is 4.74 Å². The number of carbonyl (C=O) groups is 1. The minimum atomic E-state index is 0. The number of hydrogen-bond donors (Lipinski definition) is 1. The molecule has 6 heteroatoms. The average Bonchev–Trinajstić information content (AvgIpc) is 2.38. The van der Waals surface area contributed by atoms with Crippen molar-refractivity contribution in [1.29, 1.82) is 0 Å². The summed E-state index contributed by atoms with van der Waals surface area (Å²) in [6, 6.07) is 0.486. The van der Waals surface area contributed by atoms with E-state index in [-0.39, 0.29) is 18.3 Å². The number of ether oxygens (including phenoxy) is 1. The number of nitrogens with zero attached hydrogens (tertiary/aromatic N) is 2. The Balaban J connectivity index is 0.00000324. The molecule has 1 aliphatic heterocycles. The number of carbonyl (C=O) groups excluding carboxylic acids is 1. The van der Waals surface area contributed by atoms with Gasteiger partial charge in [0.25, 0.3) is 0 Å². The Bertz CT molecular complexity index is 254. The normalized spacial score (nSPS) is 20.2. The zero-order valence-electron chi connectivity index (χ0n) is 12.4. The Hall–Kier alpha value is -0.360. The fourth-order valence-electron chi connectivity index (χ4n) is 2.49. The molecular formula is C13H28ClN3O2. The molecule has 1 saturated heterocycles. The molecule has 114 valence electrons. The topological polar surface area (TPSA) is 44.8 Å². The Morgan fingerprint density at radius 2 is 2.16 bits per heavy atom. The monoisotopic (exact) mass is 293 g/mol. The van der Waals surface area contributed by atoms with Crippen molar-refractivity contribution in [2.45, 2.75) is 25.8 Å². The van der Waals surface area contributed by atoms with E-state index in [2.05, 4.69) is 17.1 Å². The molecule has 1 rings (SSSR count). The summed E-state index contributed by atoms with van der Waals surface area (Å²) < 4.78 is 5.15. The lowest BCUT2D eigenvalue weighted by molar-refractivity contribution is -0.133. The zero-order valence-corrected chi connectivity index (χ0v) is 13.2. The molecule has 0 aromatic heterocycles. The lowest BCUT2D eigenvalue weighted by Crippen LogP contribution is -2.56. The molecule has 1 unspecified atom stereocenters. The molecule has 1 N–H and O–H groups in total. The maximum absolute atomic E-state index is 11.9. The molecule has 1 heterocycles. The highest BCUT2D eigenvalue weighted by molar-refractivity contribution is 5.85. The first-order valence-electron chi connectivity index (χ1n) is 6.88. The van der Waals surface area contributed by atoms with Crippen molar-refractivity contribution in [2.75, 3.05) is 53.5 Å². The molecular weight excluding hydrogens is 266 g/mol. The second kappa shape index (κ2) is 10.4. The van der Waals surface area contributed by atoms with Crippen molar-refractivity contribution in [3.8, 4) is 0 Å². The molecule has 0 aliphatic carbocycles. The van der Waals surface area contributed by atoms with Crippen molar-refractivity contribution in [3.63, 3.8) is 0 Å². The highest BCUT2D eigenvalue weighted by Gasteiger charge is 2.28. The van der Waals surface area contributed by atoms with Gasteiger partial charge < -0.3 is 15.0 Å². The van der Waals surface area contributed by atoms with Gasteiger partial charge in [-0.3, -0.25) is 9.69 Å². The Kier molecular flexibility index (Phi) is 10.2. The number of piperazine rings is 1. The van der Waals surface area contributed by atoms with Crippen LogP contribution in [0.15, 0.2) is 0 Å². The lowest BCUT2D eigenvalue weighted by atomic mass is 10.1. The number of nitrogens with one attached hydrogen (secondary N) is 1. The van der Waals surface area contributed by atoms with Crippen molar-refractivity contribution in [3.05, 3.63) is 0 Å². The van der Waals surface area contributed by atoms with Gasteiger partial charge in [-0.15, -0.1) is 12.4 Å². The van der Waals surface area contributed by atoms with Gasteiger partial charge in [-0.05, 0) is 13.5 Å². The van der Waals surface area contributed by atoms with Crippen LogP contribution in [0.4, 0.5) is 0 Å². The highest BCUT2D eigenvalue weighted by Crippen LogP contribution is 2.14. The number of amides is 1. The Morgan fingerprint density at radius 1 is 1.42 bits per heavy atom. The van der Waals surface area contributed by atoms with Crippen molar-refractivity contribution < 1.29 is 9.53 Å². The molecule has 0 spiro atoms. The van der Waals surface area contributed by atoms with Crippen LogP contribution in [-0.4, -0.2) is 75.2 Å². The SMILES string of the molecule is CCCC1CN(C(=O)CNC)CCN1CCOC.Cl. The summed E-state index contributed by atoms with van der Waals surface area (Å²) >= 11 is 0. The summed E-state index contributed by atoms with van der Waals surface area (Å²) in [7, 11) is 3.55. The van der Waals surface area contributed by atoms with Crippen LogP contribution in [-0.2, 0) is 9.53 Å². The first-order chi connectivity index (χ1) is 8.72. The van der Waals surface area contributed by atoms with E-state index in [1.165, 1.54) is 0 Å². The standard InChI is InChI=1S/C13H27N3O2.ClH/c1-4-5-12-11-16(13(17)10-14-2)7-6-15(12)8-9-18-3;/h12,14H,4-11H2,1-3H3;1H. The van der Waals surface area contributed by atoms with Crippen molar-refractivity contribution in [2.24, 2.45) is 0 Å². The van der Waals surface area contributed by atoms with Gasteiger partial charge in [0.2, 0.25) is 5.91 Å². The van der Waals surface area contributed by atoms with Gasteiger partial charge in [-0.1, -0.05) is 13.3 Å². The molecule has 1 fully saturated rings. The van der Waals surface area contributed by atoms with Gasteiger partial charge >= 0.3 is 0 Å². The molecule has 0 bridgehead atoms. The molecule has 0 radical (unpaired) electrons. The molecule has 1 aliphatic rings. The number of rotatable bonds is 7. The number of methoxy groups -OCH3 is 1. The third kappa shape index (κ3) is 6.08. The maximum atomic E-state index is 11.9. The van der Waals surface area contributed by atoms with E-state index in [9.17, 15) is 4.79 Å². The van der Waals surface area contributed by atoms with Gasteiger partial charge in [-0.25, -0.2) is 0 Å². The third-order valence-corrected chi connectivity index (χ3v) is 3.49. The van der Waals surface area contributed by atoms with Crippen LogP contribution in [0.2, 0.25) is 0 Å². The van der Waals surface area contributed by atoms with Crippen LogP contribution >= 0.6 is 12.4 Å². The molecule has 0 aromatic rings. The minimum Gasteiger partial charge on any atom is -0.383 e. The molecule has 19 heavy (non-hydrogen) atoms. The molecule has 1 amide bonds. The first-order valence-corrected chi connectivity index (χ1v) is 6.88. The maximum Gasteiger partial charge on any atom is 0.236 e. The van der Waals surface area contributed by atoms with Gasteiger partial charge in [0.15, 0.2) is 0 Å². The van der Waals surface area contributed by atoms with E-state index in [0.717, 1.165) is 45.6 Å². The number of hydrogen-bond acceptors (Lipinski definition) is 4. The molecule has 5 nitrogen and oxygen atoms in total. The van der Waals surface area contributed by atoms with Crippen molar-refractivity contribution in [1.82, 2.24) is 15.1 Å². The average molecular weight is 294 g/mol. The Labute approximate surface area is 123 Å². The fourth-order valence-corrected chi connectivity index (χ4v) is 2.49. The van der Waals surface area contributed by atoms with Crippen LogP contribution in [0.25, 0.3) is 0 Å². The van der Waals surface area contributed by atoms with E-state index in [0.29, 0.717) is 12.6 Å². The second-order valence-electron chi connectivity index (χ2n) is 4.84. The van der Waals surface area contributed by atoms with Gasteiger partial charge in [0.05, 0.1) is 13.2 Å². The van der Waals surface area contributed by atoms with E-state index in [1.54, 1.807) is 7.11 Å². The minimum absolute atomic E-state index is 0. The summed E-state index contributed by atoms with van der Waals surface area (Å²) in [5.74, 6) is 0.213. The molecule has 0 saturated carbocycles. The Morgan fingerprint density at radius 3 is 2.74 bits per heavy atom. The smallest absolute Gasteiger partial charge is 0.236 e. The van der Waals surface area contributed by atoms with Crippen LogP contribution in [0, 0.1) is 0 Å². The number of halogens is 1. The summed E-state index contributed by atoms with van der Waals surface area (Å²) in [4.78, 5) is 16.3. The summed E-state index contributed by atoms with van der Waals surface area (Å²) in [6.07, 6.45) is 2.30. The summed E-state index contributed by atoms with van der Waals surface area (Å²) in [5, 5.41) is 2.93. The van der Waals surface area contributed by atoms with E-state index < -0.39 is 0 Å². The third-order valence-electron chi connectivity index (χ3n) is 3.49. The van der Waals surface area contributed by atoms with Gasteiger partial charge in [0.1, 0.15) is 0 Å². The predicted octanol–water partition coefficient (Wildman–Crippen LogP) is 0.587. The van der Waals surface area contributed by atoms with Gasteiger partial charge in [0, 0.05) is 39.3 Å². The summed E-state index contributed by atoms with van der Waals surface area (Å²) in [6.45, 7) is 7.03. The van der Waals surface area contributed by atoms with Crippen LogP contribution in [0.3, 0.4) is 0 Å². The molecule has 0 aromatic carbocycles. The predicted molar refractivity (Wildman–Crippen MR) is 79.9 cm³/mol. The van der Waals surface area contributed by atoms with Crippen LogP contribution in [0.5, 0.6) is 0 Å². The van der Waals surface area contributed by atoms with E-state index in [1.807, 2.05) is 11.9 Å². The largest absolute Gasteiger partial charge is 0.383 e. The van der Waals surface area contributed by atoms with Crippen molar-refractivity contribution >= 4 is 18.3 Å². The van der Waals surface area contributed by atoms with E-state index >= 15 is 0 Å². The van der Waals surface area contributed by atoms with Gasteiger partial charge in [-0.2, -0.15) is 0 Å². The highest BCUT2D eigenvalue weighted by atomic mass is 35.5. The number of likely N-dealkylation sites (N-methyl/N-ethyl adjacent to an activating group) is 1. The van der Waals surface area contributed by atoms with Crippen LogP contribution in [0.1, 0.15) is 19.8 Å². The second-order valence-corrected chi connectivity index (χ2v) is 4.84. The lowest BCUT2D eigenvalue weighted by Gasteiger charge is -2.41. The fraction of sp³-hybridized carbons (Fsp3) is 0.923. The van der Waals surface area contributed by atoms with Crippen LogP contribution < -0.4 is 5.32 Å². The first kappa shape index (κ1) is 18.6. The molecule has 1 atom stereocenters. The quantitative estimate of drug-likeness (QED) is 0.746.